The van der Waals surface area contributed by atoms with Crippen LogP contribution in [0.3, 0.4) is 0 Å². The van der Waals surface area contributed by atoms with Gasteiger partial charge in [0.1, 0.15) is 0 Å². The molecule has 2 aliphatic heterocycles. The summed E-state index contributed by atoms with van der Waals surface area (Å²) in [4.78, 5) is 19.9. The van der Waals surface area contributed by atoms with Crippen molar-refractivity contribution in [3.63, 3.8) is 0 Å². The summed E-state index contributed by atoms with van der Waals surface area (Å²) in [5, 5.41) is 6.72. The van der Waals surface area contributed by atoms with Gasteiger partial charge >= 0.3 is 0 Å². The number of fused-ring (bicyclic) bond motifs is 2. The van der Waals surface area contributed by atoms with E-state index in [0.717, 1.165) is 48.5 Å². The highest BCUT2D eigenvalue weighted by atomic mass is 35.5. The van der Waals surface area contributed by atoms with E-state index in [1.807, 2.05) is 6.07 Å². The van der Waals surface area contributed by atoms with Crippen LogP contribution >= 0.6 is 12.4 Å². The van der Waals surface area contributed by atoms with Crippen molar-refractivity contribution in [3.05, 3.63) is 33.4 Å². The Hall–Kier alpha value is -1.37. The minimum Gasteiger partial charge on any atom is -0.309 e. The average molecular weight is 338 g/mol. The number of hydrogen-bond donors (Lipinski definition) is 2. The van der Waals surface area contributed by atoms with Crippen LogP contribution in [0, 0.1) is 0 Å². The Morgan fingerprint density at radius 2 is 2.22 bits per heavy atom. The van der Waals surface area contributed by atoms with Crippen LogP contribution in [0.4, 0.5) is 0 Å². The minimum atomic E-state index is 0. The van der Waals surface area contributed by atoms with Crippen molar-refractivity contribution in [2.45, 2.75) is 51.7 Å². The maximum Gasteiger partial charge on any atom is 0.277 e. The van der Waals surface area contributed by atoms with Crippen molar-refractivity contribution in [1.29, 1.82) is 0 Å². The zero-order chi connectivity index (χ0) is 15.3. The minimum absolute atomic E-state index is 0. The van der Waals surface area contributed by atoms with E-state index in [-0.39, 0.29) is 18.0 Å². The molecule has 0 radical (unpaired) electrons. The SMILES string of the molecule is CC(C)N1CCc2nc3cc(C4CCCN4)[nH]n3c(=O)c2C1.Cl. The van der Waals surface area contributed by atoms with E-state index in [4.69, 9.17) is 4.98 Å². The smallest absolute Gasteiger partial charge is 0.277 e. The number of nitrogens with zero attached hydrogens (tertiary/aromatic N) is 3. The number of halogens is 1. The first kappa shape index (κ1) is 16.5. The molecule has 1 unspecified atom stereocenters. The number of aromatic amines is 1. The summed E-state index contributed by atoms with van der Waals surface area (Å²) in [6.07, 6.45) is 3.16. The molecular formula is C16H24ClN5O. The second-order valence-electron chi connectivity index (χ2n) is 6.71. The molecule has 2 aromatic rings. The Morgan fingerprint density at radius 3 is 2.91 bits per heavy atom. The molecule has 0 amide bonds. The molecule has 2 aromatic heterocycles. The molecule has 2 N–H and O–H groups in total. The lowest BCUT2D eigenvalue weighted by molar-refractivity contribution is 0.200. The van der Waals surface area contributed by atoms with Gasteiger partial charge in [-0.1, -0.05) is 0 Å². The maximum atomic E-state index is 12.8. The second kappa shape index (κ2) is 6.26. The van der Waals surface area contributed by atoms with E-state index in [1.54, 1.807) is 4.52 Å². The van der Waals surface area contributed by atoms with Gasteiger partial charge in [0.25, 0.3) is 5.56 Å². The molecule has 0 bridgehead atoms. The van der Waals surface area contributed by atoms with Gasteiger partial charge in [0.05, 0.1) is 17.0 Å². The fraction of sp³-hybridized carbons (Fsp3) is 0.625. The predicted octanol–water partition coefficient (Wildman–Crippen LogP) is 1.64. The van der Waals surface area contributed by atoms with Gasteiger partial charge in [-0.05, 0) is 33.2 Å². The molecule has 0 aromatic carbocycles. The molecule has 126 valence electrons. The van der Waals surface area contributed by atoms with E-state index in [1.165, 1.54) is 6.42 Å². The fourth-order valence-corrected chi connectivity index (χ4v) is 3.59. The topological polar surface area (TPSA) is 65.4 Å². The average Bonchev–Trinajstić information content (AvgIpc) is 3.15. The summed E-state index contributed by atoms with van der Waals surface area (Å²) in [5.74, 6) is 0. The summed E-state index contributed by atoms with van der Waals surface area (Å²) in [5.41, 5.74) is 3.72. The van der Waals surface area contributed by atoms with Gasteiger partial charge in [-0.15, -0.1) is 12.4 Å². The molecule has 1 saturated heterocycles. The van der Waals surface area contributed by atoms with E-state index < -0.39 is 0 Å². The number of H-pyrrole nitrogens is 1. The van der Waals surface area contributed by atoms with Gasteiger partial charge in [-0.3, -0.25) is 14.8 Å². The molecule has 0 saturated carbocycles. The molecule has 2 aliphatic rings. The molecular weight excluding hydrogens is 314 g/mol. The molecule has 7 heteroatoms. The van der Waals surface area contributed by atoms with Crippen LogP contribution in [0.1, 0.15) is 49.7 Å². The number of rotatable bonds is 2. The Balaban J connectivity index is 0.00000156. The summed E-state index contributed by atoms with van der Waals surface area (Å²) in [7, 11) is 0. The van der Waals surface area contributed by atoms with Gasteiger partial charge in [-0.2, -0.15) is 0 Å². The highest BCUT2D eigenvalue weighted by Gasteiger charge is 2.25. The number of hydrogen-bond acceptors (Lipinski definition) is 4. The third kappa shape index (κ3) is 2.79. The maximum absolute atomic E-state index is 12.8. The summed E-state index contributed by atoms with van der Waals surface area (Å²) >= 11 is 0. The summed E-state index contributed by atoms with van der Waals surface area (Å²) in [6.45, 7) is 7.08. The van der Waals surface area contributed by atoms with Crippen LogP contribution in [0.25, 0.3) is 5.65 Å². The van der Waals surface area contributed by atoms with Crippen LogP contribution in [-0.4, -0.2) is 38.6 Å². The fourth-order valence-electron chi connectivity index (χ4n) is 3.59. The highest BCUT2D eigenvalue weighted by Crippen LogP contribution is 2.23. The quantitative estimate of drug-likeness (QED) is 0.874. The standard InChI is InChI=1S/C16H23N5O.ClH/c1-10(2)20-7-5-12-11(9-20)16(22)21-15(18-12)8-14(19-21)13-4-3-6-17-13;/h8,10,13,17,19H,3-7,9H2,1-2H3;1H. The zero-order valence-electron chi connectivity index (χ0n) is 13.6. The second-order valence-corrected chi connectivity index (χ2v) is 6.71. The molecule has 0 aliphatic carbocycles. The van der Waals surface area contributed by atoms with Gasteiger partial charge < -0.3 is 5.32 Å². The Morgan fingerprint density at radius 1 is 1.39 bits per heavy atom. The van der Waals surface area contributed by atoms with Crippen molar-refractivity contribution in [3.8, 4) is 0 Å². The molecule has 4 heterocycles. The Bertz CT molecular complexity index is 760. The monoisotopic (exact) mass is 337 g/mol. The van der Waals surface area contributed by atoms with E-state index in [0.29, 0.717) is 18.6 Å². The van der Waals surface area contributed by atoms with Crippen LogP contribution < -0.4 is 10.9 Å². The first-order valence-corrected chi connectivity index (χ1v) is 8.24. The van der Waals surface area contributed by atoms with Crippen LogP contribution in [0.2, 0.25) is 0 Å². The molecule has 1 atom stereocenters. The predicted molar refractivity (Wildman–Crippen MR) is 92.3 cm³/mol. The highest BCUT2D eigenvalue weighted by molar-refractivity contribution is 5.85. The molecule has 4 rings (SSSR count). The summed E-state index contributed by atoms with van der Waals surface area (Å²) < 4.78 is 1.62. The summed E-state index contributed by atoms with van der Waals surface area (Å²) in [6, 6.07) is 2.81. The first-order chi connectivity index (χ1) is 10.6. The largest absolute Gasteiger partial charge is 0.309 e. The van der Waals surface area contributed by atoms with Crippen molar-refractivity contribution in [2.24, 2.45) is 0 Å². The van der Waals surface area contributed by atoms with E-state index >= 15 is 0 Å². The third-order valence-electron chi connectivity index (χ3n) is 4.98. The lowest BCUT2D eigenvalue weighted by Crippen LogP contribution is -2.40. The van der Waals surface area contributed by atoms with Crippen molar-refractivity contribution in [2.75, 3.05) is 13.1 Å². The Labute approximate surface area is 141 Å². The molecule has 6 nitrogen and oxygen atoms in total. The Kier molecular flexibility index (Phi) is 4.49. The van der Waals surface area contributed by atoms with E-state index in [2.05, 4.69) is 29.2 Å². The number of aromatic nitrogens is 3. The van der Waals surface area contributed by atoms with Crippen LogP contribution in [0.15, 0.2) is 10.9 Å². The van der Waals surface area contributed by atoms with Crippen LogP contribution in [0.5, 0.6) is 0 Å². The van der Waals surface area contributed by atoms with Gasteiger partial charge in [0.2, 0.25) is 0 Å². The molecule has 0 spiro atoms. The van der Waals surface area contributed by atoms with E-state index in [9.17, 15) is 4.79 Å². The number of nitrogens with one attached hydrogen (secondary N) is 2. The van der Waals surface area contributed by atoms with Crippen molar-refractivity contribution in [1.82, 2.24) is 24.8 Å². The lowest BCUT2D eigenvalue weighted by Gasteiger charge is -2.30. The van der Waals surface area contributed by atoms with Crippen molar-refractivity contribution >= 4 is 18.1 Å². The van der Waals surface area contributed by atoms with Crippen molar-refractivity contribution < 1.29 is 0 Å². The molecule has 23 heavy (non-hydrogen) atoms. The molecule has 1 fully saturated rings. The normalized spacial score (nSPS) is 21.6. The zero-order valence-corrected chi connectivity index (χ0v) is 14.4. The van der Waals surface area contributed by atoms with Crippen LogP contribution in [-0.2, 0) is 13.0 Å². The van der Waals surface area contributed by atoms with Gasteiger partial charge in [0, 0.05) is 37.7 Å². The lowest BCUT2D eigenvalue weighted by atomic mass is 10.1. The van der Waals surface area contributed by atoms with Gasteiger partial charge in [0.15, 0.2) is 5.65 Å². The van der Waals surface area contributed by atoms with Gasteiger partial charge in [-0.25, -0.2) is 9.50 Å². The first-order valence-electron chi connectivity index (χ1n) is 8.24. The third-order valence-corrected chi connectivity index (χ3v) is 4.98.